The van der Waals surface area contributed by atoms with Gasteiger partial charge < -0.3 is 24.4 Å². The van der Waals surface area contributed by atoms with Gasteiger partial charge in [0.1, 0.15) is 18.3 Å². The average molecular weight is 192 g/mol. The Morgan fingerprint density at radius 3 is 2.08 bits per heavy atom. The van der Waals surface area contributed by atoms with E-state index in [-0.39, 0.29) is 0 Å². The van der Waals surface area contributed by atoms with E-state index in [0.717, 1.165) is 0 Å². The first-order chi connectivity index (χ1) is 6.11. The van der Waals surface area contributed by atoms with Crippen molar-refractivity contribution in [1.82, 2.24) is 0 Å². The van der Waals surface area contributed by atoms with Gasteiger partial charge in [0.15, 0.2) is 6.29 Å². The zero-order valence-corrected chi connectivity index (χ0v) is 8.01. The molecule has 1 saturated heterocycles. The standard InChI is InChI=1S/C8H16O5/c1-4-5(9)6(11-2)7(12-3)8(10)13-4/h4-10H,1-3H3/t4-,5-,6-,7-,8-/m1/s1. The van der Waals surface area contributed by atoms with Crippen LogP contribution in [0.25, 0.3) is 0 Å². The number of methoxy groups -OCH3 is 2. The molecule has 5 atom stereocenters. The molecule has 1 fully saturated rings. The molecule has 0 spiro atoms. The van der Waals surface area contributed by atoms with Gasteiger partial charge in [0.05, 0.1) is 6.10 Å². The van der Waals surface area contributed by atoms with Crippen molar-refractivity contribution < 1.29 is 24.4 Å². The van der Waals surface area contributed by atoms with Crippen LogP contribution in [0.5, 0.6) is 0 Å². The van der Waals surface area contributed by atoms with Crippen molar-refractivity contribution in [2.24, 2.45) is 0 Å². The molecule has 0 amide bonds. The van der Waals surface area contributed by atoms with Crippen LogP contribution < -0.4 is 0 Å². The number of ether oxygens (including phenoxy) is 3. The molecule has 0 aromatic heterocycles. The maximum atomic E-state index is 9.62. The Morgan fingerprint density at radius 2 is 1.62 bits per heavy atom. The van der Waals surface area contributed by atoms with Crippen molar-refractivity contribution in [2.45, 2.75) is 37.6 Å². The van der Waals surface area contributed by atoms with E-state index < -0.39 is 30.7 Å². The van der Waals surface area contributed by atoms with Crippen molar-refractivity contribution >= 4 is 0 Å². The fourth-order valence-corrected chi connectivity index (χ4v) is 1.53. The van der Waals surface area contributed by atoms with Crippen molar-refractivity contribution in [1.29, 1.82) is 0 Å². The van der Waals surface area contributed by atoms with Crippen LogP contribution in [0.4, 0.5) is 0 Å². The largest absolute Gasteiger partial charge is 0.388 e. The minimum atomic E-state index is -1.05. The quantitative estimate of drug-likeness (QED) is 0.594. The highest BCUT2D eigenvalue weighted by molar-refractivity contribution is 4.88. The summed E-state index contributed by atoms with van der Waals surface area (Å²) < 4.78 is 15.0. The highest BCUT2D eigenvalue weighted by atomic mass is 16.7. The summed E-state index contributed by atoms with van der Waals surface area (Å²) in [7, 11) is 2.90. The summed E-state index contributed by atoms with van der Waals surface area (Å²) in [5.41, 5.74) is 0. The Kier molecular flexibility index (Phi) is 3.63. The van der Waals surface area contributed by atoms with Gasteiger partial charge in [-0.1, -0.05) is 0 Å². The second-order valence-electron chi connectivity index (χ2n) is 3.12. The van der Waals surface area contributed by atoms with Crippen molar-refractivity contribution in [2.75, 3.05) is 14.2 Å². The number of rotatable bonds is 2. The van der Waals surface area contributed by atoms with Gasteiger partial charge in [-0.25, -0.2) is 0 Å². The lowest BCUT2D eigenvalue weighted by molar-refractivity contribution is -0.287. The average Bonchev–Trinajstić information content (AvgIpc) is 2.10. The minimum Gasteiger partial charge on any atom is -0.388 e. The molecule has 0 unspecified atom stereocenters. The zero-order chi connectivity index (χ0) is 10.0. The van der Waals surface area contributed by atoms with E-state index in [4.69, 9.17) is 14.2 Å². The zero-order valence-electron chi connectivity index (χ0n) is 8.01. The van der Waals surface area contributed by atoms with Crippen LogP contribution in [0, 0.1) is 0 Å². The predicted molar refractivity (Wildman–Crippen MR) is 44.2 cm³/mol. The van der Waals surface area contributed by atoms with E-state index in [2.05, 4.69) is 0 Å². The molecule has 0 bridgehead atoms. The van der Waals surface area contributed by atoms with E-state index in [9.17, 15) is 10.2 Å². The molecule has 13 heavy (non-hydrogen) atoms. The van der Waals surface area contributed by atoms with E-state index in [0.29, 0.717) is 0 Å². The lowest BCUT2D eigenvalue weighted by atomic mass is 10.00. The molecule has 0 aliphatic carbocycles. The van der Waals surface area contributed by atoms with E-state index >= 15 is 0 Å². The summed E-state index contributed by atoms with van der Waals surface area (Å²) in [4.78, 5) is 0. The Bertz CT molecular complexity index is 163. The first-order valence-electron chi connectivity index (χ1n) is 4.19. The molecule has 1 heterocycles. The molecule has 78 valence electrons. The third-order valence-corrected chi connectivity index (χ3v) is 2.32. The second-order valence-corrected chi connectivity index (χ2v) is 3.12. The fourth-order valence-electron chi connectivity index (χ4n) is 1.53. The van der Waals surface area contributed by atoms with Gasteiger partial charge in [0, 0.05) is 14.2 Å². The second kappa shape index (κ2) is 4.34. The van der Waals surface area contributed by atoms with Gasteiger partial charge in [-0.05, 0) is 6.92 Å². The van der Waals surface area contributed by atoms with Crippen LogP contribution >= 0.6 is 0 Å². The summed E-state index contributed by atoms with van der Waals surface area (Å²) in [6, 6.07) is 0. The minimum absolute atomic E-state index is 0.452. The Balaban J connectivity index is 2.71. The summed E-state index contributed by atoms with van der Waals surface area (Å²) in [6.45, 7) is 1.67. The first-order valence-corrected chi connectivity index (χ1v) is 4.19. The van der Waals surface area contributed by atoms with Crippen LogP contribution in [0.3, 0.4) is 0 Å². The van der Waals surface area contributed by atoms with Crippen molar-refractivity contribution in [3.8, 4) is 0 Å². The van der Waals surface area contributed by atoms with Crippen LogP contribution in [0.1, 0.15) is 6.92 Å². The summed E-state index contributed by atoms with van der Waals surface area (Å²) in [5, 5.41) is 19.0. The van der Waals surface area contributed by atoms with Gasteiger partial charge in [-0.15, -0.1) is 0 Å². The maximum absolute atomic E-state index is 9.62. The Hall–Kier alpha value is -0.200. The van der Waals surface area contributed by atoms with Gasteiger partial charge in [-0.2, -0.15) is 0 Å². The van der Waals surface area contributed by atoms with E-state index in [1.165, 1.54) is 14.2 Å². The number of hydrogen-bond donors (Lipinski definition) is 2. The van der Waals surface area contributed by atoms with Crippen LogP contribution in [-0.2, 0) is 14.2 Å². The van der Waals surface area contributed by atoms with Crippen LogP contribution in [-0.4, -0.2) is 55.1 Å². The van der Waals surface area contributed by atoms with Gasteiger partial charge in [-0.3, -0.25) is 0 Å². The molecule has 2 N–H and O–H groups in total. The topological polar surface area (TPSA) is 68.2 Å². The molecule has 0 radical (unpaired) electrons. The normalized spacial score (nSPS) is 46.4. The van der Waals surface area contributed by atoms with Crippen LogP contribution in [0.2, 0.25) is 0 Å². The third kappa shape index (κ3) is 2.00. The van der Waals surface area contributed by atoms with Gasteiger partial charge >= 0.3 is 0 Å². The highest BCUT2D eigenvalue weighted by Crippen LogP contribution is 2.23. The molecule has 0 aromatic rings. The van der Waals surface area contributed by atoms with Gasteiger partial charge in [0.2, 0.25) is 0 Å². The summed E-state index contributed by atoms with van der Waals surface area (Å²) in [6.07, 6.45) is -3.47. The lowest BCUT2D eigenvalue weighted by Gasteiger charge is -2.40. The smallest absolute Gasteiger partial charge is 0.184 e. The molecular weight excluding hydrogens is 176 g/mol. The van der Waals surface area contributed by atoms with Crippen LogP contribution in [0.15, 0.2) is 0 Å². The maximum Gasteiger partial charge on any atom is 0.184 e. The van der Waals surface area contributed by atoms with E-state index in [1.807, 2.05) is 0 Å². The fraction of sp³-hybridized carbons (Fsp3) is 1.00. The highest BCUT2D eigenvalue weighted by Gasteiger charge is 2.43. The molecule has 1 rings (SSSR count). The molecule has 1 aliphatic heterocycles. The van der Waals surface area contributed by atoms with E-state index in [1.54, 1.807) is 6.92 Å². The summed E-state index contributed by atoms with van der Waals surface area (Å²) >= 11 is 0. The summed E-state index contributed by atoms with van der Waals surface area (Å²) in [5.74, 6) is 0. The lowest BCUT2D eigenvalue weighted by Crippen LogP contribution is -2.57. The Labute approximate surface area is 77.2 Å². The van der Waals surface area contributed by atoms with Gasteiger partial charge in [0.25, 0.3) is 0 Å². The predicted octanol–water partition coefficient (Wildman–Crippen LogP) is -0.886. The number of aliphatic hydroxyl groups is 2. The molecular formula is C8H16O5. The first kappa shape index (κ1) is 10.9. The van der Waals surface area contributed by atoms with Crippen molar-refractivity contribution in [3.05, 3.63) is 0 Å². The third-order valence-electron chi connectivity index (χ3n) is 2.32. The molecule has 0 aromatic carbocycles. The monoisotopic (exact) mass is 192 g/mol. The molecule has 1 aliphatic rings. The molecule has 5 nitrogen and oxygen atoms in total. The Morgan fingerprint density at radius 1 is 1.08 bits per heavy atom. The number of aliphatic hydroxyl groups excluding tert-OH is 2. The molecule has 5 heteroatoms. The molecule has 0 saturated carbocycles. The number of hydrogen-bond acceptors (Lipinski definition) is 5. The SMILES string of the molecule is CO[C@@H]1[C@H](O)[C@@H](C)O[C@@H](O)[C@@H]1OC. The van der Waals surface area contributed by atoms with Crippen molar-refractivity contribution in [3.63, 3.8) is 0 Å².